The Bertz CT molecular complexity index is 1260. The van der Waals surface area contributed by atoms with Gasteiger partial charge in [-0.05, 0) is 29.2 Å². The van der Waals surface area contributed by atoms with Crippen molar-refractivity contribution in [3.05, 3.63) is 47.6 Å². The molecule has 0 amide bonds. The molecule has 202 valence electrons. The van der Waals surface area contributed by atoms with E-state index in [0.29, 0.717) is 25.1 Å². The first-order valence-electron chi connectivity index (χ1n) is 12.9. The van der Waals surface area contributed by atoms with Crippen molar-refractivity contribution >= 4 is 23.7 Å². The Labute approximate surface area is 220 Å². The molecule has 2 aliphatic carbocycles. The second kappa shape index (κ2) is 9.63. The molecule has 5 rings (SSSR count). The van der Waals surface area contributed by atoms with E-state index >= 15 is 0 Å². The number of cyclic esters (lactones) is 1. The Morgan fingerprint density at radius 1 is 1.13 bits per heavy atom. The second-order valence-electron chi connectivity index (χ2n) is 11.2. The molecule has 2 saturated carbocycles. The summed E-state index contributed by atoms with van der Waals surface area (Å²) in [6.45, 7) is 5.02. The predicted molar refractivity (Wildman–Crippen MR) is 130 cm³/mol. The largest absolute Gasteiger partial charge is 0.469 e. The lowest BCUT2D eigenvalue weighted by Gasteiger charge is -2.60. The highest BCUT2D eigenvalue weighted by atomic mass is 16.6. The lowest BCUT2D eigenvalue weighted by Crippen LogP contribution is -2.64. The number of carbonyl (C=O) groups is 4. The molecule has 3 aliphatic rings. The van der Waals surface area contributed by atoms with E-state index in [0.717, 1.165) is 5.56 Å². The molecule has 1 aliphatic heterocycles. The van der Waals surface area contributed by atoms with Gasteiger partial charge in [-0.3, -0.25) is 19.2 Å². The van der Waals surface area contributed by atoms with Crippen LogP contribution in [0.3, 0.4) is 0 Å². The van der Waals surface area contributed by atoms with Crippen LogP contribution in [-0.2, 0) is 39.8 Å². The number of methoxy groups -OCH3 is 1. The number of aromatic nitrogens is 2. The van der Waals surface area contributed by atoms with Gasteiger partial charge >= 0.3 is 17.9 Å². The van der Waals surface area contributed by atoms with E-state index in [1.807, 2.05) is 44.2 Å². The minimum Gasteiger partial charge on any atom is -0.469 e. The number of ketones is 1. The van der Waals surface area contributed by atoms with Crippen LogP contribution in [-0.4, -0.2) is 47.0 Å². The van der Waals surface area contributed by atoms with Gasteiger partial charge in [-0.25, -0.2) is 0 Å². The first-order valence-corrected chi connectivity index (χ1v) is 12.9. The molecule has 1 aromatic carbocycles. The van der Waals surface area contributed by atoms with Gasteiger partial charge in [0.1, 0.15) is 0 Å². The fraction of sp³-hybridized carbons (Fsp3) is 0.571. The minimum atomic E-state index is -1.09. The van der Waals surface area contributed by atoms with Crippen molar-refractivity contribution in [1.29, 1.82) is 0 Å². The fourth-order valence-electron chi connectivity index (χ4n) is 7.21. The Balaban J connectivity index is 1.49. The molecule has 0 N–H and O–H groups in total. The van der Waals surface area contributed by atoms with Crippen LogP contribution in [0.15, 0.2) is 34.9 Å². The molecule has 1 saturated heterocycles. The van der Waals surface area contributed by atoms with E-state index in [2.05, 4.69) is 10.1 Å². The maximum absolute atomic E-state index is 13.9. The third-order valence-corrected chi connectivity index (χ3v) is 8.86. The normalized spacial score (nSPS) is 34.5. The maximum atomic E-state index is 13.9. The van der Waals surface area contributed by atoms with Crippen LogP contribution in [0.4, 0.5) is 0 Å². The average Bonchev–Trinajstić information content (AvgIpc) is 3.33. The summed E-state index contributed by atoms with van der Waals surface area (Å²) >= 11 is 0. The van der Waals surface area contributed by atoms with Gasteiger partial charge in [0.15, 0.2) is 23.8 Å². The molecule has 10 heteroatoms. The maximum Gasteiger partial charge on any atom is 0.310 e. The highest BCUT2D eigenvalue weighted by molar-refractivity contribution is 5.93. The molecule has 0 spiro atoms. The van der Waals surface area contributed by atoms with Crippen molar-refractivity contribution in [2.24, 2.45) is 28.6 Å². The van der Waals surface area contributed by atoms with Crippen LogP contribution in [0, 0.1) is 28.6 Å². The fourth-order valence-corrected chi connectivity index (χ4v) is 7.21. The second-order valence-corrected chi connectivity index (χ2v) is 11.2. The summed E-state index contributed by atoms with van der Waals surface area (Å²) in [5, 5.41) is 4.08. The van der Waals surface area contributed by atoms with Gasteiger partial charge in [0.05, 0.1) is 18.9 Å². The molecular weight excluding hydrogens is 492 g/mol. The summed E-state index contributed by atoms with van der Waals surface area (Å²) in [6.07, 6.45) is -0.268. The number of esters is 3. The number of nitrogens with zero attached hydrogens (tertiary/aromatic N) is 2. The highest BCUT2D eigenvalue weighted by Gasteiger charge is 2.68. The Morgan fingerprint density at radius 2 is 1.87 bits per heavy atom. The van der Waals surface area contributed by atoms with Gasteiger partial charge in [-0.1, -0.05) is 49.3 Å². The summed E-state index contributed by atoms with van der Waals surface area (Å²) in [5.74, 6) is -3.15. The Kier molecular flexibility index (Phi) is 6.61. The van der Waals surface area contributed by atoms with Crippen LogP contribution in [0.1, 0.15) is 69.8 Å². The number of hydrogen-bond donors (Lipinski definition) is 0. The molecule has 0 radical (unpaired) electrons. The standard InChI is InChI=1S/C28H32N2O8/c1-15(31)36-19-13-18(25(33)35-4)27(2)11-10-17-26(34)37-20(14-28(17,3)23(27)22(19)32)24-29-21(30-38-24)12-16-8-6-5-7-9-16/h5-9,17-20,23H,10-14H2,1-4H3/t17-,18+,19+,20+,23?,27+,28+/m1/s1. The monoisotopic (exact) mass is 524 g/mol. The van der Waals surface area contributed by atoms with Crippen LogP contribution in [0.25, 0.3) is 0 Å². The van der Waals surface area contributed by atoms with Gasteiger partial charge in [0.25, 0.3) is 5.89 Å². The molecule has 3 fully saturated rings. The third-order valence-electron chi connectivity index (χ3n) is 8.86. The minimum absolute atomic E-state index is 0.0548. The van der Waals surface area contributed by atoms with Crippen LogP contribution in [0.5, 0.6) is 0 Å². The van der Waals surface area contributed by atoms with Gasteiger partial charge in [0, 0.05) is 32.1 Å². The molecule has 1 unspecified atom stereocenters. The highest BCUT2D eigenvalue weighted by Crippen LogP contribution is 2.65. The SMILES string of the molecule is COC(=O)[C@@H]1C[C@H](OC(C)=O)C(=O)C2[C@@]3(C)C[C@@H](c4nc(Cc5ccccc5)no4)OC(=O)[C@H]3CC[C@]21C. The molecule has 38 heavy (non-hydrogen) atoms. The van der Waals surface area contributed by atoms with Crippen molar-refractivity contribution in [1.82, 2.24) is 10.1 Å². The van der Waals surface area contributed by atoms with E-state index in [9.17, 15) is 19.2 Å². The van der Waals surface area contributed by atoms with Crippen molar-refractivity contribution in [3.8, 4) is 0 Å². The molecule has 7 atom stereocenters. The van der Waals surface area contributed by atoms with E-state index in [1.165, 1.54) is 14.0 Å². The Morgan fingerprint density at radius 3 is 2.55 bits per heavy atom. The lowest BCUT2D eigenvalue weighted by atomic mass is 9.43. The molecule has 10 nitrogen and oxygen atoms in total. The van der Waals surface area contributed by atoms with E-state index < -0.39 is 58.7 Å². The third kappa shape index (κ3) is 4.29. The topological polar surface area (TPSA) is 135 Å². The zero-order chi connectivity index (χ0) is 27.2. The quantitative estimate of drug-likeness (QED) is 0.423. The number of carbonyl (C=O) groups excluding carboxylic acids is 4. The summed E-state index contributed by atoms with van der Waals surface area (Å²) in [7, 11) is 1.31. The summed E-state index contributed by atoms with van der Waals surface area (Å²) in [4.78, 5) is 56.5. The predicted octanol–water partition coefficient (Wildman–Crippen LogP) is 3.38. The number of Topliss-reactive ketones (excluding diaryl/α,β-unsaturated/α-hetero) is 1. The van der Waals surface area contributed by atoms with Crippen molar-refractivity contribution in [2.45, 2.75) is 65.1 Å². The average molecular weight is 525 g/mol. The van der Waals surface area contributed by atoms with E-state index in [-0.39, 0.29) is 24.5 Å². The number of hydrogen-bond acceptors (Lipinski definition) is 10. The van der Waals surface area contributed by atoms with Crippen LogP contribution < -0.4 is 0 Å². The van der Waals surface area contributed by atoms with Crippen molar-refractivity contribution in [3.63, 3.8) is 0 Å². The smallest absolute Gasteiger partial charge is 0.310 e. The summed E-state index contributed by atoms with van der Waals surface area (Å²) in [5.41, 5.74) is -0.682. The number of fused-ring (bicyclic) bond motifs is 3. The van der Waals surface area contributed by atoms with Gasteiger partial charge in [-0.15, -0.1) is 0 Å². The van der Waals surface area contributed by atoms with Gasteiger partial charge in [0.2, 0.25) is 0 Å². The number of ether oxygens (including phenoxy) is 3. The zero-order valence-electron chi connectivity index (χ0n) is 22.0. The van der Waals surface area contributed by atoms with Crippen molar-refractivity contribution in [2.75, 3.05) is 7.11 Å². The first kappa shape index (κ1) is 26.1. The van der Waals surface area contributed by atoms with E-state index in [1.54, 1.807) is 0 Å². The molecule has 2 heterocycles. The summed E-state index contributed by atoms with van der Waals surface area (Å²) < 4.78 is 21.8. The molecule has 2 aromatic rings. The molecular formula is C28H32N2O8. The first-order chi connectivity index (χ1) is 18.1. The van der Waals surface area contributed by atoms with Crippen LogP contribution >= 0.6 is 0 Å². The number of benzene rings is 1. The molecule has 0 bridgehead atoms. The lowest BCUT2D eigenvalue weighted by molar-refractivity contribution is -0.211. The van der Waals surface area contributed by atoms with Gasteiger partial charge in [-0.2, -0.15) is 4.98 Å². The zero-order valence-corrected chi connectivity index (χ0v) is 22.0. The number of rotatable bonds is 5. The van der Waals surface area contributed by atoms with E-state index in [4.69, 9.17) is 18.7 Å². The molecule has 1 aromatic heterocycles. The van der Waals surface area contributed by atoms with Crippen molar-refractivity contribution < 1.29 is 37.9 Å². The summed E-state index contributed by atoms with van der Waals surface area (Å²) in [6, 6.07) is 9.68. The Hall–Kier alpha value is -3.56. The van der Waals surface area contributed by atoms with Gasteiger partial charge < -0.3 is 18.7 Å². The van der Waals surface area contributed by atoms with Crippen LogP contribution in [0.2, 0.25) is 0 Å².